The highest BCUT2D eigenvalue weighted by Gasteiger charge is 2.20. The molecule has 2 aromatic carbocycles. The molecule has 154 valence electrons. The second kappa shape index (κ2) is 8.71. The fourth-order valence-electron chi connectivity index (χ4n) is 2.89. The van der Waals surface area contributed by atoms with E-state index in [1.807, 2.05) is 24.3 Å². The molecule has 1 amide bonds. The van der Waals surface area contributed by atoms with Crippen molar-refractivity contribution in [2.24, 2.45) is 0 Å². The molecule has 30 heavy (non-hydrogen) atoms. The monoisotopic (exact) mass is 422 g/mol. The van der Waals surface area contributed by atoms with Crippen LogP contribution in [0.2, 0.25) is 0 Å². The number of halogens is 1. The summed E-state index contributed by atoms with van der Waals surface area (Å²) in [4.78, 5) is 30.2. The first-order valence-corrected chi connectivity index (χ1v) is 10.4. The minimum atomic E-state index is -0.506. The molecule has 0 saturated carbocycles. The molecule has 0 saturated heterocycles. The van der Waals surface area contributed by atoms with Crippen LogP contribution in [0, 0.1) is 5.82 Å². The topological polar surface area (TPSA) is 50.3 Å². The van der Waals surface area contributed by atoms with Crippen molar-refractivity contribution in [1.82, 2.24) is 4.98 Å². The average molecular weight is 423 g/mol. The molecular formula is C24H23FN2O2S. The number of allylic oxidation sites excluding steroid dienone is 1. The summed E-state index contributed by atoms with van der Waals surface area (Å²) in [5.41, 5.74) is 2.44. The lowest BCUT2D eigenvalue weighted by atomic mass is 9.86. The molecular weight excluding hydrogens is 399 g/mol. The van der Waals surface area contributed by atoms with E-state index in [9.17, 15) is 14.0 Å². The molecule has 0 atom stereocenters. The Morgan fingerprint density at radius 1 is 1.07 bits per heavy atom. The standard InChI is InChI=1S/C24H23FN2O2S/c1-16(28)27(21-8-6-5-7-20(21)25)23-26-19(15-30-23)13-14-22(29)17-9-11-18(12-10-17)24(2,3)4/h5-15H,1-4H3/b14-13+. The van der Waals surface area contributed by atoms with Crippen LogP contribution in [0.1, 0.15) is 49.3 Å². The molecule has 0 fully saturated rings. The number of carbonyl (C=O) groups excluding carboxylic acids is 2. The number of aromatic nitrogens is 1. The van der Waals surface area contributed by atoms with E-state index in [2.05, 4.69) is 25.8 Å². The molecule has 3 rings (SSSR count). The average Bonchev–Trinajstić information content (AvgIpc) is 3.15. The minimum absolute atomic E-state index is 0.0230. The van der Waals surface area contributed by atoms with Crippen LogP contribution in [0.15, 0.2) is 60.0 Å². The number of nitrogens with zero attached hydrogens (tertiary/aromatic N) is 2. The van der Waals surface area contributed by atoms with Crippen molar-refractivity contribution in [2.75, 3.05) is 4.90 Å². The van der Waals surface area contributed by atoms with E-state index in [0.29, 0.717) is 16.4 Å². The number of benzene rings is 2. The number of ketones is 1. The van der Waals surface area contributed by atoms with Crippen LogP contribution in [0.4, 0.5) is 15.2 Å². The molecule has 0 N–H and O–H groups in total. The Bertz CT molecular complexity index is 1090. The molecule has 0 unspecified atom stereocenters. The first-order valence-electron chi connectivity index (χ1n) is 9.50. The summed E-state index contributed by atoms with van der Waals surface area (Å²) >= 11 is 1.21. The number of hydrogen-bond donors (Lipinski definition) is 0. The molecule has 0 aliphatic carbocycles. The zero-order valence-electron chi connectivity index (χ0n) is 17.3. The molecule has 3 aromatic rings. The van der Waals surface area contributed by atoms with Crippen LogP contribution in [0.3, 0.4) is 0 Å². The highest BCUT2D eigenvalue weighted by Crippen LogP contribution is 2.31. The van der Waals surface area contributed by atoms with Gasteiger partial charge in [0, 0.05) is 17.9 Å². The number of rotatable bonds is 5. The lowest BCUT2D eigenvalue weighted by molar-refractivity contribution is -0.115. The van der Waals surface area contributed by atoms with Crippen molar-refractivity contribution in [3.63, 3.8) is 0 Å². The van der Waals surface area contributed by atoms with Gasteiger partial charge in [0.2, 0.25) is 5.91 Å². The van der Waals surface area contributed by atoms with Crippen molar-refractivity contribution in [3.8, 4) is 0 Å². The molecule has 0 aliphatic rings. The third-order valence-electron chi connectivity index (χ3n) is 4.55. The van der Waals surface area contributed by atoms with Crippen molar-refractivity contribution >= 4 is 39.9 Å². The molecule has 1 aromatic heterocycles. The van der Waals surface area contributed by atoms with Gasteiger partial charge in [-0.25, -0.2) is 9.37 Å². The number of hydrogen-bond acceptors (Lipinski definition) is 4. The zero-order chi connectivity index (χ0) is 21.9. The van der Waals surface area contributed by atoms with Crippen LogP contribution >= 0.6 is 11.3 Å². The van der Waals surface area contributed by atoms with E-state index in [1.54, 1.807) is 23.6 Å². The summed E-state index contributed by atoms with van der Waals surface area (Å²) in [5.74, 6) is -0.989. The summed E-state index contributed by atoms with van der Waals surface area (Å²) in [6, 6.07) is 13.6. The number of anilines is 2. The summed E-state index contributed by atoms with van der Waals surface area (Å²) in [6.45, 7) is 7.72. The van der Waals surface area contributed by atoms with Gasteiger partial charge in [0.1, 0.15) is 5.82 Å². The SMILES string of the molecule is CC(=O)N(c1nc(/C=C/C(=O)c2ccc(C(C)(C)C)cc2)cs1)c1ccccc1F. The van der Waals surface area contributed by atoms with E-state index in [0.717, 1.165) is 5.56 Å². The molecule has 1 heterocycles. The minimum Gasteiger partial charge on any atom is -0.289 e. The molecule has 6 heteroatoms. The summed E-state index contributed by atoms with van der Waals surface area (Å²) in [6.07, 6.45) is 3.05. The van der Waals surface area contributed by atoms with E-state index in [1.165, 1.54) is 41.4 Å². The summed E-state index contributed by atoms with van der Waals surface area (Å²) in [5, 5.41) is 2.06. The van der Waals surface area contributed by atoms with Gasteiger partial charge in [-0.1, -0.05) is 57.2 Å². The van der Waals surface area contributed by atoms with Crippen molar-refractivity contribution in [1.29, 1.82) is 0 Å². The first kappa shape index (κ1) is 21.6. The maximum absolute atomic E-state index is 14.2. The van der Waals surface area contributed by atoms with E-state index in [-0.39, 0.29) is 22.8 Å². The van der Waals surface area contributed by atoms with Crippen LogP contribution in [0.25, 0.3) is 6.08 Å². The molecule has 4 nitrogen and oxygen atoms in total. The van der Waals surface area contributed by atoms with Crippen LogP contribution < -0.4 is 4.90 Å². The molecule has 0 bridgehead atoms. The van der Waals surface area contributed by atoms with Gasteiger partial charge in [-0.2, -0.15) is 0 Å². The number of para-hydroxylation sites is 1. The van der Waals surface area contributed by atoms with Crippen molar-refractivity contribution in [2.45, 2.75) is 33.1 Å². The van der Waals surface area contributed by atoms with Crippen LogP contribution in [-0.4, -0.2) is 16.7 Å². The summed E-state index contributed by atoms with van der Waals surface area (Å²) in [7, 11) is 0. The van der Waals surface area contributed by atoms with Gasteiger partial charge in [-0.05, 0) is 35.3 Å². The van der Waals surface area contributed by atoms with Gasteiger partial charge in [0.15, 0.2) is 10.9 Å². The normalized spacial score (nSPS) is 11.6. The van der Waals surface area contributed by atoms with E-state index < -0.39 is 5.82 Å². The highest BCUT2D eigenvalue weighted by atomic mass is 32.1. The van der Waals surface area contributed by atoms with Gasteiger partial charge in [-0.15, -0.1) is 11.3 Å². The lowest BCUT2D eigenvalue weighted by Gasteiger charge is -2.18. The van der Waals surface area contributed by atoms with Crippen LogP contribution in [-0.2, 0) is 10.2 Å². The second-order valence-electron chi connectivity index (χ2n) is 7.89. The van der Waals surface area contributed by atoms with E-state index >= 15 is 0 Å². The molecule has 0 spiro atoms. The molecule has 0 aliphatic heterocycles. The molecule has 0 radical (unpaired) electrons. The maximum Gasteiger partial charge on any atom is 0.230 e. The fraction of sp³-hybridized carbons (Fsp3) is 0.208. The Hall–Kier alpha value is -3.12. The van der Waals surface area contributed by atoms with E-state index in [4.69, 9.17) is 0 Å². The third-order valence-corrected chi connectivity index (χ3v) is 5.39. The fourth-order valence-corrected chi connectivity index (χ4v) is 3.74. The number of carbonyl (C=O) groups is 2. The van der Waals surface area contributed by atoms with Gasteiger partial charge < -0.3 is 0 Å². The lowest BCUT2D eigenvalue weighted by Crippen LogP contribution is -2.23. The maximum atomic E-state index is 14.2. The van der Waals surface area contributed by atoms with Gasteiger partial charge >= 0.3 is 0 Å². The Morgan fingerprint density at radius 3 is 2.33 bits per heavy atom. The second-order valence-corrected chi connectivity index (χ2v) is 8.72. The Labute approximate surface area is 179 Å². The zero-order valence-corrected chi connectivity index (χ0v) is 18.2. The Kier molecular flexibility index (Phi) is 6.27. The Morgan fingerprint density at radius 2 is 1.73 bits per heavy atom. The smallest absolute Gasteiger partial charge is 0.230 e. The number of thiazole rings is 1. The Balaban J connectivity index is 1.79. The highest BCUT2D eigenvalue weighted by molar-refractivity contribution is 7.14. The predicted octanol–water partition coefficient (Wildman–Crippen LogP) is 6.16. The first-order chi connectivity index (χ1) is 14.2. The van der Waals surface area contributed by atoms with Crippen molar-refractivity contribution in [3.05, 3.63) is 82.6 Å². The largest absolute Gasteiger partial charge is 0.289 e. The third kappa shape index (κ3) is 4.89. The summed E-state index contributed by atoms with van der Waals surface area (Å²) < 4.78 is 14.2. The van der Waals surface area contributed by atoms with Crippen molar-refractivity contribution < 1.29 is 14.0 Å². The predicted molar refractivity (Wildman–Crippen MR) is 120 cm³/mol. The van der Waals surface area contributed by atoms with Gasteiger partial charge in [0.25, 0.3) is 0 Å². The van der Waals surface area contributed by atoms with Crippen LogP contribution in [0.5, 0.6) is 0 Å². The van der Waals surface area contributed by atoms with Gasteiger partial charge in [0.05, 0.1) is 11.4 Å². The van der Waals surface area contributed by atoms with Gasteiger partial charge in [-0.3, -0.25) is 14.5 Å². The number of amides is 1. The quantitative estimate of drug-likeness (QED) is 0.365.